The maximum atomic E-state index is 12.8. The van der Waals surface area contributed by atoms with Gasteiger partial charge < -0.3 is 14.6 Å². The van der Waals surface area contributed by atoms with Crippen LogP contribution in [0, 0.1) is 0 Å². The molecule has 0 saturated carbocycles. The molecule has 2 aromatic carbocycles. The monoisotopic (exact) mass is 393 g/mol. The molecule has 1 amide bonds. The van der Waals surface area contributed by atoms with Crippen LogP contribution in [0.15, 0.2) is 54.6 Å². The zero-order valence-electron chi connectivity index (χ0n) is 15.5. The fourth-order valence-corrected chi connectivity index (χ4v) is 3.27. The summed E-state index contributed by atoms with van der Waals surface area (Å²) in [5.74, 6) is -0.761. The van der Waals surface area contributed by atoms with E-state index in [2.05, 4.69) is 0 Å². The second kappa shape index (κ2) is 8.41. The van der Waals surface area contributed by atoms with Crippen LogP contribution in [0.5, 0.6) is 5.75 Å². The minimum Gasteiger partial charge on any atom is -0.508 e. The van der Waals surface area contributed by atoms with Crippen molar-refractivity contribution in [3.05, 3.63) is 60.2 Å². The van der Waals surface area contributed by atoms with Gasteiger partial charge in [-0.25, -0.2) is 13.2 Å². The Morgan fingerprint density at radius 2 is 1.63 bits per heavy atom. The summed E-state index contributed by atoms with van der Waals surface area (Å²) in [7, 11) is -4.18. The predicted octanol–water partition coefficient (Wildman–Crippen LogP) is 3.64. The lowest BCUT2D eigenvalue weighted by atomic mass is 10.2. The number of hydrogen-bond acceptors (Lipinski definition) is 6. The highest BCUT2D eigenvalue weighted by molar-refractivity contribution is 7.93. The van der Waals surface area contributed by atoms with Crippen molar-refractivity contribution in [2.75, 3.05) is 10.2 Å². The third-order valence-corrected chi connectivity index (χ3v) is 4.65. The molecule has 1 N–H and O–H groups in total. The largest absolute Gasteiger partial charge is 0.508 e. The molecule has 2 rings (SSSR count). The molecule has 0 heterocycles. The third-order valence-electron chi connectivity index (χ3n) is 3.27. The number of aromatic hydroxyl groups is 1. The number of nitrogens with zero attached hydrogens (tertiary/aromatic N) is 1. The Bertz CT molecular complexity index is 857. The van der Waals surface area contributed by atoms with E-state index in [-0.39, 0.29) is 18.0 Å². The molecule has 0 aliphatic rings. The number of amides is 1. The van der Waals surface area contributed by atoms with Gasteiger partial charge in [-0.1, -0.05) is 30.3 Å². The van der Waals surface area contributed by atoms with E-state index in [9.17, 15) is 18.3 Å². The average Bonchev–Trinajstić information content (AvgIpc) is 2.56. The first kappa shape index (κ1) is 20.7. The molecular formula is C19H23NO6S. The molecule has 0 saturated heterocycles. The molecule has 7 nitrogen and oxygen atoms in total. The second-order valence-electron chi connectivity index (χ2n) is 6.82. The van der Waals surface area contributed by atoms with Crippen molar-refractivity contribution in [3.8, 4) is 5.75 Å². The topological polar surface area (TPSA) is 93.1 Å². The van der Waals surface area contributed by atoms with Crippen molar-refractivity contribution >= 4 is 21.8 Å². The molecule has 0 fully saturated rings. The van der Waals surface area contributed by atoms with Crippen LogP contribution in [0.2, 0.25) is 0 Å². The summed E-state index contributed by atoms with van der Waals surface area (Å²) >= 11 is 0. The summed E-state index contributed by atoms with van der Waals surface area (Å²) in [6.07, 6.45) is -1.04. The van der Waals surface area contributed by atoms with Gasteiger partial charge in [0.15, 0.2) is 5.94 Å². The molecule has 0 aromatic heterocycles. The van der Waals surface area contributed by atoms with Crippen molar-refractivity contribution < 1.29 is 27.8 Å². The van der Waals surface area contributed by atoms with Crippen LogP contribution >= 0.6 is 0 Å². The van der Waals surface area contributed by atoms with Crippen LogP contribution in [-0.4, -0.2) is 31.2 Å². The molecule has 0 spiro atoms. The summed E-state index contributed by atoms with van der Waals surface area (Å²) in [6, 6.07) is 14.3. The normalized spacial score (nSPS) is 11.8. The average molecular weight is 393 g/mol. The van der Waals surface area contributed by atoms with E-state index in [1.54, 1.807) is 32.9 Å². The van der Waals surface area contributed by atoms with Crippen molar-refractivity contribution in [1.29, 1.82) is 0 Å². The smallest absolute Gasteiger partial charge is 0.428 e. The van der Waals surface area contributed by atoms with Gasteiger partial charge in [-0.2, -0.15) is 4.31 Å². The van der Waals surface area contributed by atoms with Gasteiger partial charge in [0.2, 0.25) is 0 Å². The SMILES string of the molecule is CC(C)(C)OC(=O)N(c1ccc(O)cc1)S(=O)(=O)COCc1ccccc1. The molecule has 0 bridgehead atoms. The Morgan fingerprint density at radius 3 is 2.19 bits per heavy atom. The Kier molecular flexibility index (Phi) is 6.45. The molecule has 0 unspecified atom stereocenters. The minimum absolute atomic E-state index is 0.0466. The number of phenolic OH excluding ortho intramolecular Hbond substituents is 1. The number of ether oxygens (including phenoxy) is 2. The fraction of sp³-hybridized carbons (Fsp3) is 0.316. The van der Waals surface area contributed by atoms with Crippen LogP contribution < -0.4 is 4.31 Å². The van der Waals surface area contributed by atoms with E-state index in [1.165, 1.54) is 24.3 Å². The third kappa shape index (κ3) is 6.26. The lowest BCUT2D eigenvalue weighted by Gasteiger charge is -2.27. The van der Waals surface area contributed by atoms with Crippen LogP contribution in [0.3, 0.4) is 0 Å². The highest BCUT2D eigenvalue weighted by Crippen LogP contribution is 2.24. The molecule has 0 aliphatic heterocycles. The first-order chi connectivity index (χ1) is 12.6. The van der Waals surface area contributed by atoms with Crippen LogP contribution in [-0.2, 0) is 26.1 Å². The van der Waals surface area contributed by atoms with Gasteiger partial charge in [0.05, 0.1) is 12.3 Å². The zero-order chi connectivity index (χ0) is 20.1. The van der Waals surface area contributed by atoms with Gasteiger partial charge in [0, 0.05) is 0 Å². The quantitative estimate of drug-likeness (QED) is 0.805. The lowest BCUT2D eigenvalue weighted by molar-refractivity contribution is 0.0606. The van der Waals surface area contributed by atoms with Gasteiger partial charge in [-0.15, -0.1) is 0 Å². The molecule has 0 atom stereocenters. The second-order valence-corrected chi connectivity index (χ2v) is 8.59. The Hall–Kier alpha value is -2.58. The first-order valence-corrected chi connectivity index (χ1v) is 9.86. The molecule has 0 aliphatic carbocycles. The summed E-state index contributed by atoms with van der Waals surface area (Å²) in [5.41, 5.74) is -0.0290. The lowest BCUT2D eigenvalue weighted by Crippen LogP contribution is -2.42. The summed E-state index contributed by atoms with van der Waals surface area (Å²) in [4.78, 5) is 12.5. The number of phenols is 1. The molecular weight excluding hydrogens is 370 g/mol. The molecule has 2 aromatic rings. The summed E-state index contributed by atoms with van der Waals surface area (Å²) in [6.45, 7) is 4.99. The van der Waals surface area contributed by atoms with E-state index >= 15 is 0 Å². The van der Waals surface area contributed by atoms with Crippen LogP contribution in [0.25, 0.3) is 0 Å². The summed E-state index contributed by atoms with van der Waals surface area (Å²) in [5, 5.41) is 9.42. The predicted molar refractivity (Wildman–Crippen MR) is 102 cm³/mol. The van der Waals surface area contributed by atoms with E-state index in [0.717, 1.165) is 5.56 Å². The number of rotatable bonds is 6. The standard InChI is InChI=1S/C19H23NO6S/c1-19(2,3)26-18(22)20(16-9-11-17(21)12-10-16)27(23,24)14-25-13-15-7-5-4-6-8-15/h4-12,21H,13-14H2,1-3H3. The molecule has 0 radical (unpaired) electrons. The maximum absolute atomic E-state index is 12.8. The van der Waals surface area contributed by atoms with Crippen LogP contribution in [0.1, 0.15) is 26.3 Å². The van der Waals surface area contributed by atoms with Gasteiger partial charge in [-0.05, 0) is 50.6 Å². The van der Waals surface area contributed by atoms with E-state index in [1.807, 2.05) is 18.2 Å². The number of benzene rings is 2. The first-order valence-electron chi connectivity index (χ1n) is 8.25. The van der Waals surface area contributed by atoms with E-state index < -0.39 is 27.7 Å². The van der Waals surface area contributed by atoms with Crippen molar-refractivity contribution in [2.45, 2.75) is 33.0 Å². The molecule has 27 heavy (non-hydrogen) atoms. The molecule has 8 heteroatoms. The van der Waals surface area contributed by atoms with Gasteiger partial charge in [0.25, 0.3) is 10.0 Å². The van der Waals surface area contributed by atoms with Crippen molar-refractivity contribution in [3.63, 3.8) is 0 Å². The maximum Gasteiger partial charge on any atom is 0.428 e. The van der Waals surface area contributed by atoms with E-state index in [4.69, 9.17) is 9.47 Å². The zero-order valence-corrected chi connectivity index (χ0v) is 16.3. The molecule has 146 valence electrons. The fourth-order valence-electron chi connectivity index (χ4n) is 2.16. The Morgan fingerprint density at radius 1 is 1.04 bits per heavy atom. The number of hydrogen-bond donors (Lipinski definition) is 1. The number of sulfonamides is 1. The summed E-state index contributed by atoms with van der Waals surface area (Å²) < 4.78 is 36.6. The van der Waals surface area contributed by atoms with Gasteiger partial charge >= 0.3 is 6.09 Å². The van der Waals surface area contributed by atoms with Crippen molar-refractivity contribution in [2.24, 2.45) is 0 Å². The van der Waals surface area contributed by atoms with Crippen LogP contribution in [0.4, 0.5) is 10.5 Å². The highest BCUT2D eigenvalue weighted by Gasteiger charge is 2.33. The van der Waals surface area contributed by atoms with Gasteiger partial charge in [-0.3, -0.25) is 0 Å². The Balaban J connectivity index is 2.22. The van der Waals surface area contributed by atoms with E-state index in [0.29, 0.717) is 4.31 Å². The number of carbonyl (C=O) groups excluding carboxylic acids is 1. The van der Waals surface area contributed by atoms with Gasteiger partial charge in [0.1, 0.15) is 11.4 Å². The number of carbonyl (C=O) groups is 1. The number of anilines is 1. The highest BCUT2D eigenvalue weighted by atomic mass is 32.2. The minimum atomic E-state index is -4.18. The van der Waals surface area contributed by atoms with Crippen molar-refractivity contribution in [1.82, 2.24) is 0 Å². The Labute approximate surface area is 159 Å².